The van der Waals surface area contributed by atoms with E-state index in [4.69, 9.17) is 33.0 Å². The molecule has 6 nitrogen and oxygen atoms in total. The van der Waals surface area contributed by atoms with Crippen LogP contribution in [0.25, 0.3) is 0 Å². The number of amides is 1. The molecule has 0 heterocycles. The van der Waals surface area contributed by atoms with Crippen molar-refractivity contribution >= 4 is 46.5 Å². The molecule has 36 heavy (non-hydrogen) atoms. The zero-order valence-electron chi connectivity index (χ0n) is 17.6. The van der Waals surface area contributed by atoms with Gasteiger partial charge in [-0.25, -0.2) is 13.6 Å². The number of carboxylic acid groups (broad SMARTS) is 1. The molecule has 0 aliphatic heterocycles. The number of benzene rings is 3. The molecule has 2 N–H and O–H groups in total. The van der Waals surface area contributed by atoms with Crippen molar-refractivity contribution in [1.29, 1.82) is 0 Å². The Hall–Kier alpha value is -3.70. The van der Waals surface area contributed by atoms with E-state index in [1.54, 1.807) is 0 Å². The minimum absolute atomic E-state index is 0.00313. The number of aromatic carboxylic acids is 1. The molecule has 1 amide bonds. The second-order valence-corrected chi connectivity index (χ2v) is 7.94. The molecule has 3 aromatic carbocycles. The van der Waals surface area contributed by atoms with Crippen LogP contribution in [0.15, 0.2) is 48.5 Å². The lowest BCUT2D eigenvalue weighted by Gasteiger charge is -2.14. The number of ketones is 1. The molecule has 188 valence electrons. The van der Waals surface area contributed by atoms with Gasteiger partial charge in [0.2, 0.25) is 0 Å². The number of carbonyl (C=O) groups is 3. The Bertz CT molecular complexity index is 1380. The molecule has 0 aliphatic rings. The smallest absolute Gasteiger partial charge is 0.416 e. The molecule has 0 atom stereocenters. The monoisotopic (exact) mass is 547 g/mol. The van der Waals surface area contributed by atoms with Crippen LogP contribution in [0.2, 0.25) is 10.0 Å². The molecule has 0 saturated carbocycles. The molecule has 0 bridgehead atoms. The highest BCUT2D eigenvalue weighted by Gasteiger charge is 2.32. The van der Waals surface area contributed by atoms with E-state index in [9.17, 15) is 36.3 Å². The second kappa shape index (κ2) is 10.5. The Balaban J connectivity index is 1.82. The maximum Gasteiger partial charge on any atom is 0.416 e. The first-order valence-electron chi connectivity index (χ1n) is 9.64. The summed E-state index contributed by atoms with van der Waals surface area (Å²) in [5, 5.41) is 10.4. The van der Waals surface area contributed by atoms with Gasteiger partial charge in [0.15, 0.2) is 18.2 Å². The first kappa shape index (κ1) is 26.9. The van der Waals surface area contributed by atoms with Gasteiger partial charge in [-0.2, -0.15) is 13.2 Å². The van der Waals surface area contributed by atoms with Crippen LogP contribution in [0.3, 0.4) is 0 Å². The molecular weight excluding hydrogens is 536 g/mol. The van der Waals surface area contributed by atoms with Gasteiger partial charge in [-0.05, 0) is 48.5 Å². The molecule has 0 radical (unpaired) electrons. The van der Waals surface area contributed by atoms with Crippen molar-refractivity contribution < 1.29 is 46.2 Å². The predicted molar refractivity (Wildman–Crippen MR) is 119 cm³/mol. The van der Waals surface area contributed by atoms with Gasteiger partial charge in [0.1, 0.15) is 16.6 Å². The topological polar surface area (TPSA) is 92.7 Å². The van der Waals surface area contributed by atoms with Crippen LogP contribution in [0, 0.1) is 11.6 Å². The van der Waals surface area contributed by atoms with Gasteiger partial charge >= 0.3 is 12.1 Å². The SMILES string of the molecule is O=C(COc1ccc(Cl)cc1C(=O)c1cc(F)cc(C(F)(F)F)c1)Nc1ccc(C(=O)O)c(F)c1Cl. The third kappa shape index (κ3) is 6.10. The Labute approximate surface area is 209 Å². The predicted octanol–water partition coefficient (Wildman–Crippen LogP) is 6.24. The van der Waals surface area contributed by atoms with Crippen LogP contribution in [-0.4, -0.2) is 29.4 Å². The largest absolute Gasteiger partial charge is 0.483 e. The number of carbonyl (C=O) groups excluding carboxylic acids is 2. The van der Waals surface area contributed by atoms with E-state index < -0.39 is 63.8 Å². The number of nitrogens with one attached hydrogen (secondary N) is 1. The summed E-state index contributed by atoms with van der Waals surface area (Å²) < 4.78 is 72.2. The van der Waals surface area contributed by atoms with Crippen LogP contribution in [-0.2, 0) is 11.0 Å². The van der Waals surface area contributed by atoms with Crippen molar-refractivity contribution in [3.63, 3.8) is 0 Å². The molecular formula is C23H12Cl2F5NO5. The van der Waals surface area contributed by atoms with Crippen LogP contribution in [0.1, 0.15) is 31.8 Å². The van der Waals surface area contributed by atoms with E-state index in [2.05, 4.69) is 5.32 Å². The highest BCUT2D eigenvalue weighted by atomic mass is 35.5. The van der Waals surface area contributed by atoms with E-state index in [0.29, 0.717) is 12.1 Å². The lowest BCUT2D eigenvalue weighted by molar-refractivity contribution is -0.137. The lowest BCUT2D eigenvalue weighted by Crippen LogP contribution is -2.21. The lowest BCUT2D eigenvalue weighted by atomic mass is 10.00. The molecule has 0 aliphatic carbocycles. The summed E-state index contributed by atoms with van der Waals surface area (Å²) in [6.45, 7) is -0.780. The van der Waals surface area contributed by atoms with Crippen molar-refractivity contribution in [3.8, 4) is 5.75 Å². The van der Waals surface area contributed by atoms with Gasteiger partial charge in [0.25, 0.3) is 5.91 Å². The summed E-state index contributed by atoms with van der Waals surface area (Å²) in [6.07, 6.45) is -4.91. The van der Waals surface area contributed by atoms with Crippen LogP contribution in [0.5, 0.6) is 5.75 Å². The van der Waals surface area contributed by atoms with Gasteiger partial charge in [-0.3, -0.25) is 9.59 Å². The fourth-order valence-electron chi connectivity index (χ4n) is 2.99. The van der Waals surface area contributed by atoms with Gasteiger partial charge in [-0.1, -0.05) is 23.2 Å². The maximum absolute atomic E-state index is 14.0. The molecule has 13 heteroatoms. The van der Waals surface area contributed by atoms with Gasteiger partial charge in [0, 0.05) is 10.6 Å². The second-order valence-electron chi connectivity index (χ2n) is 7.13. The third-order valence-electron chi connectivity index (χ3n) is 4.62. The number of ether oxygens (including phenoxy) is 1. The summed E-state index contributed by atoms with van der Waals surface area (Å²) in [6, 6.07) is 6.72. The molecule has 0 spiro atoms. The minimum atomic E-state index is -4.91. The Morgan fingerprint density at radius 1 is 0.944 bits per heavy atom. The molecule has 0 unspecified atom stereocenters. The number of halogens is 7. The standard InChI is InChI=1S/C23H12Cl2F5NO5/c24-12-1-4-17(15(8-12)21(33)10-5-11(23(28,29)30)7-13(26)6-10)36-9-18(32)31-16-3-2-14(22(34)35)20(27)19(16)25/h1-8H,9H2,(H,31,32)(H,34,35). The fraction of sp³-hybridized carbons (Fsp3) is 0.0870. The van der Waals surface area contributed by atoms with E-state index in [0.717, 1.165) is 18.2 Å². The Morgan fingerprint density at radius 3 is 2.28 bits per heavy atom. The average Bonchev–Trinajstić information content (AvgIpc) is 2.79. The Kier molecular flexibility index (Phi) is 7.85. The highest BCUT2D eigenvalue weighted by Crippen LogP contribution is 2.32. The number of rotatable bonds is 7. The normalized spacial score (nSPS) is 11.2. The first-order chi connectivity index (χ1) is 16.8. The number of carboxylic acids is 1. The molecule has 0 aromatic heterocycles. The fourth-order valence-corrected chi connectivity index (χ4v) is 3.37. The molecule has 3 aromatic rings. The van der Waals surface area contributed by atoms with E-state index in [1.165, 1.54) is 12.1 Å². The molecule has 0 saturated heterocycles. The van der Waals surface area contributed by atoms with Crippen molar-refractivity contribution in [2.45, 2.75) is 6.18 Å². The van der Waals surface area contributed by atoms with Crippen molar-refractivity contribution in [1.82, 2.24) is 0 Å². The van der Waals surface area contributed by atoms with Crippen molar-refractivity contribution in [2.75, 3.05) is 11.9 Å². The quantitative estimate of drug-likeness (QED) is 0.270. The summed E-state index contributed by atoms with van der Waals surface area (Å²) in [4.78, 5) is 36.1. The van der Waals surface area contributed by atoms with Gasteiger partial charge < -0.3 is 15.2 Å². The van der Waals surface area contributed by atoms with Crippen molar-refractivity contribution in [3.05, 3.63) is 92.5 Å². The van der Waals surface area contributed by atoms with Crippen LogP contribution in [0.4, 0.5) is 27.6 Å². The minimum Gasteiger partial charge on any atom is -0.483 e. The first-order valence-corrected chi connectivity index (χ1v) is 10.4. The average molecular weight is 548 g/mol. The number of alkyl halides is 3. The molecule has 0 fully saturated rings. The number of anilines is 1. The van der Waals surface area contributed by atoms with Gasteiger partial charge in [-0.15, -0.1) is 0 Å². The number of hydrogen-bond acceptors (Lipinski definition) is 4. The van der Waals surface area contributed by atoms with Crippen molar-refractivity contribution in [2.24, 2.45) is 0 Å². The number of hydrogen-bond donors (Lipinski definition) is 2. The Morgan fingerprint density at radius 2 is 1.64 bits per heavy atom. The van der Waals surface area contributed by atoms with E-state index >= 15 is 0 Å². The summed E-state index contributed by atoms with van der Waals surface area (Å²) in [5.41, 5.74) is -3.36. The highest BCUT2D eigenvalue weighted by molar-refractivity contribution is 6.34. The zero-order valence-corrected chi connectivity index (χ0v) is 19.1. The zero-order chi connectivity index (χ0) is 26.8. The van der Waals surface area contributed by atoms with Gasteiger partial charge in [0.05, 0.1) is 22.4 Å². The third-order valence-corrected chi connectivity index (χ3v) is 5.22. The van der Waals surface area contributed by atoms with Crippen LogP contribution < -0.4 is 10.1 Å². The molecule has 3 rings (SSSR count). The van der Waals surface area contributed by atoms with Crippen LogP contribution >= 0.6 is 23.2 Å². The summed E-state index contributed by atoms with van der Waals surface area (Å²) >= 11 is 11.6. The summed E-state index contributed by atoms with van der Waals surface area (Å²) in [5.74, 6) is -6.38. The van der Waals surface area contributed by atoms with E-state index in [1.807, 2.05) is 0 Å². The van der Waals surface area contributed by atoms with E-state index in [-0.39, 0.29) is 28.1 Å². The summed E-state index contributed by atoms with van der Waals surface area (Å²) in [7, 11) is 0. The maximum atomic E-state index is 14.0.